The van der Waals surface area contributed by atoms with Gasteiger partial charge < -0.3 is 13.3 Å². The molecule has 0 aliphatic carbocycles. The second-order valence-corrected chi connectivity index (χ2v) is 14.3. The Morgan fingerprint density at radius 2 is 0.737 bits per heavy atom. The van der Waals surface area contributed by atoms with E-state index in [0.717, 1.165) is 105 Å². The van der Waals surface area contributed by atoms with Crippen LogP contribution in [0, 0.1) is 0 Å². The van der Waals surface area contributed by atoms with Crippen LogP contribution in [0.4, 0.5) is 0 Å². The van der Waals surface area contributed by atoms with Crippen LogP contribution in [0.2, 0.25) is 0 Å². The van der Waals surface area contributed by atoms with E-state index in [1.807, 2.05) is 84.9 Å². The molecule has 0 fully saturated rings. The third kappa shape index (κ3) is 5.01. The second kappa shape index (κ2) is 12.3. The standard InChI is InChI=1S/C51H29N3O3/c1-4-20-41-36(13-1)37-18-8-19-40(48(37)57-41)51-53-49(31-27-25-30(26-28-31)34-16-9-23-44-46(34)38-14-2-5-21-42(38)55-44)52-50(54-51)33-12-7-11-32(29-33)35-17-10-24-45-47(35)39-15-3-6-22-43(39)56-45/h1-29H. The first-order valence-electron chi connectivity index (χ1n) is 18.9. The molecular weight excluding hydrogens is 703 g/mol. The maximum atomic E-state index is 6.48. The molecule has 4 aromatic heterocycles. The van der Waals surface area contributed by atoms with Gasteiger partial charge in [-0.25, -0.2) is 15.0 Å². The van der Waals surface area contributed by atoms with Gasteiger partial charge in [0.1, 0.15) is 33.5 Å². The number of benzene rings is 8. The summed E-state index contributed by atoms with van der Waals surface area (Å²) < 4.78 is 18.9. The first-order chi connectivity index (χ1) is 28.2. The van der Waals surface area contributed by atoms with Crippen molar-refractivity contribution in [2.24, 2.45) is 0 Å². The zero-order valence-electron chi connectivity index (χ0n) is 30.3. The van der Waals surface area contributed by atoms with Crippen molar-refractivity contribution in [3.8, 4) is 56.4 Å². The molecule has 4 heterocycles. The van der Waals surface area contributed by atoms with E-state index >= 15 is 0 Å². The molecule has 0 aliphatic rings. The number of para-hydroxylation sites is 4. The molecule has 0 saturated heterocycles. The van der Waals surface area contributed by atoms with Gasteiger partial charge in [0.15, 0.2) is 17.5 Å². The van der Waals surface area contributed by atoms with Crippen molar-refractivity contribution in [2.75, 3.05) is 0 Å². The van der Waals surface area contributed by atoms with E-state index < -0.39 is 0 Å². The molecule has 0 saturated carbocycles. The van der Waals surface area contributed by atoms with Gasteiger partial charge in [0.2, 0.25) is 0 Å². The third-order valence-electron chi connectivity index (χ3n) is 11.0. The van der Waals surface area contributed by atoms with Gasteiger partial charge in [-0.1, -0.05) is 133 Å². The van der Waals surface area contributed by atoms with E-state index in [4.69, 9.17) is 28.2 Å². The molecule has 0 amide bonds. The topological polar surface area (TPSA) is 78.1 Å². The molecule has 0 atom stereocenters. The van der Waals surface area contributed by atoms with Crippen LogP contribution in [0.1, 0.15) is 0 Å². The largest absolute Gasteiger partial charge is 0.456 e. The average Bonchev–Trinajstić information content (AvgIpc) is 3.98. The van der Waals surface area contributed by atoms with Crippen LogP contribution >= 0.6 is 0 Å². The lowest BCUT2D eigenvalue weighted by Crippen LogP contribution is -2.00. The summed E-state index contributed by atoms with van der Waals surface area (Å²) in [6.45, 7) is 0. The van der Waals surface area contributed by atoms with Gasteiger partial charge in [-0.2, -0.15) is 0 Å². The second-order valence-electron chi connectivity index (χ2n) is 14.3. The summed E-state index contributed by atoms with van der Waals surface area (Å²) in [4.78, 5) is 15.5. The van der Waals surface area contributed by atoms with Gasteiger partial charge >= 0.3 is 0 Å². The Hall–Kier alpha value is -7.83. The minimum absolute atomic E-state index is 0.534. The molecule has 0 unspecified atom stereocenters. The molecule has 57 heavy (non-hydrogen) atoms. The minimum atomic E-state index is 0.534. The van der Waals surface area contributed by atoms with E-state index in [0.29, 0.717) is 17.5 Å². The number of furan rings is 3. The average molecular weight is 732 g/mol. The molecule has 6 nitrogen and oxygen atoms in total. The summed E-state index contributed by atoms with van der Waals surface area (Å²) >= 11 is 0. The van der Waals surface area contributed by atoms with Gasteiger partial charge in [0, 0.05) is 43.4 Å². The molecule has 0 radical (unpaired) electrons. The fourth-order valence-corrected chi connectivity index (χ4v) is 8.33. The molecule has 0 bridgehead atoms. The van der Waals surface area contributed by atoms with Crippen LogP contribution in [0.25, 0.3) is 122 Å². The number of nitrogens with zero attached hydrogens (tertiary/aromatic N) is 3. The van der Waals surface area contributed by atoms with Crippen molar-refractivity contribution < 1.29 is 13.3 Å². The van der Waals surface area contributed by atoms with Crippen LogP contribution in [-0.2, 0) is 0 Å². The van der Waals surface area contributed by atoms with Crippen LogP contribution in [0.5, 0.6) is 0 Å². The van der Waals surface area contributed by atoms with Gasteiger partial charge in [-0.3, -0.25) is 0 Å². The number of rotatable bonds is 5. The van der Waals surface area contributed by atoms with E-state index in [2.05, 4.69) is 91.0 Å². The van der Waals surface area contributed by atoms with Crippen molar-refractivity contribution in [1.82, 2.24) is 15.0 Å². The van der Waals surface area contributed by atoms with Crippen LogP contribution < -0.4 is 0 Å². The van der Waals surface area contributed by atoms with Crippen LogP contribution in [0.3, 0.4) is 0 Å². The number of aromatic nitrogens is 3. The summed E-state index contributed by atoms with van der Waals surface area (Å²) in [5.74, 6) is 1.66. The van der Waals surface area contributed by atoms with Gasteiger partial charge in [0.05, 0.1) is 5.56 Å². The molecular formula is C51H29N3O3. The molecule has 0 aliphatic heterocycles. The van der Waals surface area contributed by atoms with Crippen molar-refractivity contribution in [3.05, 3.63) is 176 Å². The van der Waals surface area contributed by atoms with Crippen LogP contribution in [-0.4, -0.2) is 15.0 Å². The Morgan fingerprint density at radius 3 is 1.42 bits per heavy atom. The summed E-state index contributed by atoms with van der Waals surface area (Å²) in [5, 5.41) is 6.42. The lowest BCUT2D eigenvalue weighted by Gasteiger charge is -2.11. The van der Waals surface area contributed by atoms with Crippen LogP contribution in [0.15, 0.2) is 189 Å². The first-order valence-corrected chi connectivity index (χ1v) is 18.9. The Bertz CT molecular complexity index is 3540. The number of fused-ring (bicyclic) bond motifs is 9. The third-order valence-corrected chi connectivity index (χ3v) is 11.0. The summed E-state index contributed by atoms with van der Waals surface area (Å²) in [7, 11) is 0. The molecule has 6 heteroatoms. The van der Waals surface area contributed by atoms with Crippen molar-refractivity contribution in [1.29, 1.82) is 0 Å². The lowest BCUT2D eigenvalue weighted by molar-refractivity contribution is 0.668. The van der Waals surface area contributed by atoms with E-state index in [1.54, 1.807) is 0 Å². The molecule has 0 N–H and O–H groups in total. The van der Waals surface area contributed by atoms with Gasteiger partial charge in [-0.15, -0.1) is 0 Å². The first kappa shape index (κ1) is 31.5. The van der Waals surface area contributed by atoms with E-state index in [9.17, 15) is 0 Å². The predicted octanol–water partition coefficient (Wildman–Crippen LogP) is 13.9. The maximum absolute atomic E-state index is 6.48. The highest BCUT2D eigenvalue weighted by Gasteiger charge is 2.19. The fraction of sp³-hybridized carbons (Fsp3) is 0. The Labute approximate surface area is 325 Å². The summed E-state index contributed by atoms with van der Waals surface area (Å²) in [6, 6.07) is 59.8. The molecule has 12 rings (SSSR count). The van der Waals surface area contributed by atoms with E-state index in [1.165, 1.54) is 0 Å². The smallest absolute Gasteiger partial charge is 0.167 e. The molecule has 266 valence electrons. The molecule has 0 spiro atoms. The number of hydrogen-bond donors (Lipinski definition) is 0. The Morgan fingerprint density at radius 1 is 0.281 bits per heavy atom. The quantitative estimate of drug-likeness (QED) is 0.175. The Balaban J connectivity index is 1.03. The highest BCUT2D eigenvalue weighted by Crippen LogP contribution is 2.40. The van der Waals surface area contributed by atoms with Gasteiger partial charge in [-0.05, 0) is 64.7 Å². The van der Waals surface area contributed by atoms with Crippen molar-refractivity contribution in [2.45, 2.75) is 0 Å². The van der Waals surface area contributed by atoms with Crippen molar-refractivity contribution >= 4 is 65.8 Å². The zero-order chi connectivity index (χ0) is 37.5. The number of hydrogen-bond acceptors (Lipinski definition) is 6. The van der Waals surface area contributed by atoms with Gasteiger partial charge in [0.25, 0.3) is 0 Å². The highest BCUT2D eigenvalue weighted by atomic mass is 16.3. The maximum Gasteiger partial charge on any atom is 0.167 e. The minimum Gasteiger partial charge on any atom is -0.456 e. The lowest BCUT2D eigenvalue weighted by atomic mass is 9.97. The SMILES string of the molecule is c1cc(-c2nc(-c3ccc(-c4cccc5oc6ccccc6c45)cc3)nc(-c3cccc4c3oc3ccccc34)n2)cc(-c2cccc3oc4ccccc4c23)c1. The monoisotopic (exact) mass is 731 g/mol. The fourth-order valence-electron chi connectivity index (χ4n) is 8.33. The summed E-state index contributed by atoms with van der Waals surface area (Å²) in [5.41, 5.74) is 11.9. The normalized spacial score (nSPS) is 11.9. The highest BCUT2D eigenvalue weighted by molar-refractivity contribution is 6.14. The Kier molecular flexibility index (Phi) is 6.83. The molecule has 12 aromatic rings. The van der Waals surface area contributed by atoms with Crippen molar-refractivity contribution in [3.63, 3.8) is 0 Å². The molecule has 8 aromatic carbocycles. The predicted molar refractivity (Wildman–Crippen MR) is 229 cm³/mol. The zero-order valence-corrected chi connectivity index (χ0v) is 30.3. The van der Waals surface area contributed by atoms with E-state index in [-0.39, 0.29) is 0 Å². The summed E-state index contributed by atoms with van der Waals surface area (Å²) in [6.07, 6.45) is 0.